The van der Waals surface area contributed by atoms with Gasteiger partial charge in [-0.3, -0.25) is 4.79 Å². The zero-order valence-corrected chi connectivity index (χ0v) is 13.6. The maximum absolute atomic E-state index is 12.2. The predicted molar refractivity (Wildman–Crippen MR) is 92.2 cm³/mol. The smallest absolute Gasteiger partial charge is 0.264 e. The monoisotopic (exact) mass is 324 g/mol. The van der Waals surface area contributed by atoms with Gasteiger partial charge in [-0.1, -0.05) is 47.6 Å². The van der Waals surface area contributed by atoms with Gasteiger partial charge in [0.05, 0.1) is 12.8 Å². The second-order valence-electron chi connectivity index (χ2n) is 5.59. The fourth-order valence-corrected chi connectivity index (χ4v) is 2.58. The van der Waals surface area contributed by atoms with Gasteiger partial charge < -0.3 is 14.9 Å². The van der Waals surface area contributed by atoms with Gasteiger partial charge in [0.1, 0.15) is 5.75 Å². The summed E-state index contributed by atoms with van der Waals surface area (Å²) >= 11 is 0. The molecule has 5 heteroatoms. The molecule has 2 aromatic rings. The van der Waals surface area contributed by atoms with Crippen molar-refractivity contribution < 1.29 is 14.4 Å². The lowest BCUT2D eigenvalue weighted by atomic mass is 10.0. The molecule has 1 amide bonds. The molecule has 1 N–H and O–H groups in total. The van der Waals surface area contributed by atoms with E-state index in [1.807, 2.05) is 54.6 Å². The quantitative estimate of drug-likeness (QED) is 0.888. The van der Waals surface area contributed by atoms with Gasteiger partial charge in [-0.25, -0.2) is 0 Å². The number of amides is 1. The molecule has 0 fully saturated rings. The summed E-state index contributed by atoms with van der Waals surface area (Å²) in [5.41, 5.74) is 2.87. The first-order valence-electron chi connectivity index (χ1n) is 7.95. The van der Waals surface area contributed by atoms with Crippen molar-refractivity contribution in [3.63, 3.8) is 0 Å². The average Bonchev–Trinajstić information content (AvgIpc) is 3.13. The van der Waals surface area contributed by atoms with E-state index in [2.05, 4.69) is 10.5 Å². The SMILES string of the molecule is COc1cccc(C2=NOC(C(=O)NCCc3ccccc3)C2)c1. The normalized spacial score (nSPS) is 16.2. The molecule has 1 unspecified atom stereocenters. The molecular formula is C19H20N2O3. The topological polar surface area (TPSA) is 59.9 Å². The highest BCUT2D eigenvalue weighted by molar-refractivity contribution is 6.04. The van der Waals surface area contributed by atoms with Crippen LogP contribution in [0.5, 0.6) is 5.75 Å². The standard InChI is InChI=1S/C19H20N2O3/c1-23-16-9-5-8-15(12-16)17-13-18(24-21-17)19(22)20-11-10-14-6-3-2-4-7-14/h2-9,12,18H,10-11,13H2,1H3,(H,20,22). The van der Waals surface area contributed by atoms with Gasteiger partial charge in [-0.2, -0.15) is 0 Å². The molecule has 0 spiro atoms. The molecule has 0 bridgehead atoms. The second-order valence-corrected chi connectivity index (χ2v) is 5.59. The van der Waals surface area contributed by atoms with Crippen LogP contribution in [0.4, 0.5) is 0 Å². The number of carbonyl (C=O) groups is 1. The molecule has 1 heterocycles. The summed E-state index contributed by atoms with van der Waals surface area (Å²) in [5.74, 6) is 0.624. The summed E-state index contributed by atoms with van der Waals surface area (Å²) in [6, 6.07) is 17.6. The third kappa shape index (κ3) is 3.93. The minimum absolute atomic E-state index is 0.132. The van der Waals surface area contributed by atoms with Crippen molar-refractivity contribution in [1.82, 2.24) is 5.32 Å². The van der Waals surface area contributed by atoms with E-state index in [1.165, 1.54) is 5.56 Å². The number of methoxy groups -OCH3 is 1. The Morgan fingerprint density at radius 2 is 2.08 bits per heavy atom. The Bertz CT molecular complexity index is 728. The lowest BCUT2D eigenvalue weighted by Crippen LogP contribution is -2.36. The second kappa shape index (κ2) is 7.64. The van der Waals surface area contributed by atoms with Crippen LogP contribution in [0.15, 0.2) is 59.8 Å². The summed E-state index contributed by atoms with van der Waals surface area (Å²) in [6.07, 6.45) is 0.690. The number of carbonyl (C=O) groups excluding carboxylic acids is 1. The first-order valence-corrected chi connectivity index (χ1v) is 7.95. The summed E-state index contributed by atoms with van der Waals surface area (Å²) < 4.78 is 5.21. The lowest BCUT2D eigenvalue weighted by molar-refractivity contribution is -0.131. The molecule has 0 saturated carbocycles. The Labute approximate surface area is 141 Å². The molecule has 5 nitrogen and oxygen atoms in total. The molecule has 0 radical (unpaired) electrons. The zero-order valence-electron chi connectivity index (χ0n) is 13.6. The first kappa shape index (κ1) is 16.1. The summed E-state index contributed by atoms with van der Waals surface area (Å²) in [7, 11) is 1.62. The molecule has 0 aliphatic carbocycles. The molecule has 124 valence electrons. The maximum atomic E-state index is 12.2. The number of hydrogen-bond donors (Lipinski definition) is 1. The van der Waals surface area contributed by atoms with Crippen LogP contribution < -0.4 is 10.1 Å². The van der Waals surface area contributed by atoms with Crippen LogP contribution in [0.25, 0.3) is 0 Å². The van der Waals surface area contributed by atoms with Crippen LogP contribution in [-0.4, -0.2) is 31.4 Å². The number of benzene rings is 2. The van der Waals surface area contributed by atoms with Crippen molar-refractivity contribution in [2.75, 3.05) is 13.7 Å². The highest BCUT2D eigenvalue weighted by Gasteiger charge is 2.28. The number of ether oxygens (including phenoxy) is 1. The number of rotatable bonds is 6. The first-order chi connectivity index (χ1) is 11.8. The van der Waals surface area contributed by atoms with Crippen molar-refractivity contribution in [2.24, 2.45) is 5.16 Å². The minimum atomic E-state index is -0.568. The Balaban J connectivity index is 1.50. The van der Waals surface area contributed by atoms with Crippen LogP contribution in [0.3, 0.4) is 0 Å². The highest BCUT2D eigenvalue weighted by atomic mass is 16.6. The largest absolute Gasteiger partial charge is 0.497 e. The van der Waals surface area contributed by atoms with Crippen molar-refractivity contribution in [2.45, 2.75) is 18.9 Å². The third-order valence-corrected chi connectivity index (χ3v) is 3.92. The van der Waals surface area contributed by atoms with Crippen LogP contribution in [-0.2, 0) is 16.1 Å². The van der Waals surface area contributed by atoms with E-state index < -0.39 is 6.10 Å². The van der Waals surface area contributed by atoms with Crippen LogP contribution in [0.2, 0.25) is 0 Å². The van der Waals surface area contributed by atoms with Gasteiger partial charge in [-0.05, 0) is 24.1 Å². The molecule has 1 aliphatic heterocycles. The van der Waals surface area contributed by atoms with E-state index in [9.17, 15) is 4.79 Å². The van der Waals surface area contributed by atoms with Gasteiger partial charge in [0.25, 0.3) is 5.91 Å². The average molecular weight is 324 g/mol. The minimum Gasteiger partial charge on any atom is -0.497 e. The van der Waals surface area contributed by atoms with Crippen LogP contribution in [0, 0.1) is 0 Å². The Morgan fingerprint density at radius 3 is 2.88 bits per heavy atom. The van der Waals surface area contributed by atoms with Gasteiger partial charge >= 0.3 is 0 Å². The number of oxime groups is 1. The van der Waals surface area contributed by atoms with Crippen LogP contribution in [0.1, 0.15) is 17.5 Å². The maximum Gasteiger partial charge on any atom is 0.264 e. The predicted octanol–water partition coefficient (Wildman–Crippen LogP) is 2.55. The van der Waals surface area contributed by atoms with Gasteiger partial charge in [0.15, 0.2) is 0 Å². The van der Waals surface area contributed by atoms with Gasteiger partial charge in [0, 0.05) is 18.5 Å². The van der Waals surface area contributed by atoms with Crippen molar-refractivity contribution in [1.29, 1.82) is 0 Å². The van der Waals surface area contributed by atoms with E-state index in [4.69, 9.17) is 9.57 Å². The molecular weight excluding hydrogens is 304 g/mol. The van der Waals surface area contributed by atoms with E-state index in [-0.39, 0.29) is 5.91 Å². The molecule has 1 aliphatic rings. The Morgan fingerprint density at radius 1 is 1.25 bits per heavy atom. The Hall–Kier alpha value is -2.82. The van der Waals surface area contributed by atoms with Gasteiger partial charge in [-0.15, -0.1) is 0 Å². The van der Waals surface area contributed by atoms with Crippen molar-refractivity contribution in [3.05, 3.63) is 65.7 Å². The molecule has 2 aromatic carbocycles. The number of nitrogens with zero attached hydrogens (tertiary/aromatic N) is 1. The fraction of sp³-hybridized carbons (Fsp3) is 0.263. The molecule has 0 saturated heterocycles. The molecule has 1 atom stereocenters. The molecule has 0 aromatic heterocycles. The van der Waals surface area contributed by atoms with E-state index in [1.54, 1.807) is 7.11 Å². The molecule has 3 rings (SSSR count). The third-order valence-electron chi connectivity index (χ3n) is 3.92. The summed E-state index contributed by atoms with van der Waals surface area (Å²) in [6.45, 7) is 0.581. The number of nitrogens with one attached hydrogen (secondary N) is 1. The summed E-state index contributed by atoms with van der Waals surface area (Å²) in [5, 5.41) is 6.96. The highest BCUT2D eigenvalue weighted by Crippen LogP contribution is 2.20. The van der Waals surface area contributed by atoms with Crippen LogP contribution >= 0.6 is 0 Å². The van der Waals surface area contributed by atoms with E-state index in [0.29, 0.717) is 13.0 Å². The fourth-order valence-electron chi connectivity index (χ4n) is 2.58. The van der Waals surface area contributed by atoms with E-state index in [0.717, 1.165) is 23.4 Å². The Kier molecular flexibility index (Phi) is 5.11. The zero-order chi connectivity index (χ0) is 16.8. The van der Waals surface area contributed by atoms with E-state index >= 15 is 0 Å². The number of hydrogen-bond acceptors (Lipinski definition) is 4. The molecule has 24 heavy (non-hydrogen) atoms. The summed E-state index contributed by atoms with van der Waals surface area (Å²) in [4.78, 5) is 17.5. The van der Waals surface area contributed by atoms with Crippen molar-refractivity contribution >= 4 is 11.6 Å². The van der Waals surface area contributed by atoms with Gasteiger partial charge in [0.2, 0.25) is 6.10 Å². The lowest BCUT2D eigenvalue weighted by Gasteiger charge is -2.09. The van der Waals surface area contributed by atoms with Crippen molar-refractivity contribution in [3.8, 4) is 5.75 Å².